The Morgan fingerprint density at radius 2 is 1.73 bits per heavy atom. The minimum absolute atomic E-state index is 0.423. The van der Waals surface area contributed by atoms with Crippen molar-refractivity contribution in [3.05, 3.63) is 58.8 Å². The summed E-state index contributed by atoms with van der Waals surface area (Å²) in [5, 5.41) is 1.82. The molecule has 1 saturated heterocycles. The Balaban J connectivity index is 1.71. The van der Waals surface area contributed by atoms with Gasteiger partial charge in [-0.25, -0.2) is 0 Å². The summed E-state index contributed by atoms with van der Waals surface area (Å²) in [4.78, 5) is 28.2. The van der Waals surface area contributed by atoms with Crippen molar-refractivity contribution < 1.29 is 14.0 Å². The van der Waals surface area contributed by atoms with Crippen molar-refractivity contribution in [2.75, 3.05) is 13.1 Å². The van der Waals surface area contributed by atoms with Gasteiger partial charge in [0.2, 0.25) is 11.6 Å². The van der Waals surface area contributed by atoms with E-state index in [1.807, 2.05) is 37.3 Å². The number of ketones is 2. The van der Waals surface area contributed by atoms with E-state index in [2.05, 4.69) is 4.90 Å². The second kappa shape index (κ2) is 5.64. The Labute approximate surface area is 151 Å². The molecule has 1 aliphatic heterocycles. The molecule has 4 heteroatoms. The summed E-state index contributed by atoms with van der Waals surface area (Å²) in [6.45, 7) is 4.74. The average molecular weight is 345 g/mol. The summed E-state index contributed by atoms with van der Waals surface area (Å²) >= 11 is 0. The summed E-state index contributed by atoms with van der Waals surface area (Å²) in [5.74, 6) is -0.320. The average Bonchev–Trinajstić information content (AvgIpc) is 3.30. The van der Waals surface area contributed by atoms with E-state index in [4.69, 9.17) is 4.42 Å². The minimum atomic E-state index is -0.440. The van der Waals surface area contributed by atoms with Crippen LogP contribution in [0.25, 0.3) is 22.1 Å². The largest absolute Gasteiger partial charge is 0.463 e. The molecule has 2 aromatic carbocycles. The molecule has 1 aliphatic carbocycles. The number of Topliss-reactive ketones (excluding diaryl/α,β-unsaturated/α-hetero) is 2. The highest BCUT2D eigenvalue weighted by Crippen LogP contribution is 2.40. The maximum Gasteiger partial charge on any atom is 0.237 e. The molecule has 5 rings (SSSR count). The molecule has 0 bridgehead atoms. The fourth-order valence-electron chi connectivity index (χ4n) is 4.31. The van der Waals surface area contributed by atoms with Gasteiger partial charge in [-0.2, -0.15) is 0 Å². The molecule has 0 amide bonds. The fraction of sp³-hybridized carbons (Fsp3) is 0.273. The first-order valence-corrected chi connectivity index (χ1v) is 9.09. The summed E-state index contributed by atoms with van der Waals surface area (Å²) in [6.07, 6.45) is 4.02. The number of fused-ring (bicyclic) bond motifs is 5. The molecule has 0 atom stereocenters. The van der Waals surface area contributed by atoms with Gasteiger partial charge in [0.05, 0.1) is 11.8 Å². The van der Waals surface area contributed by atoms with Crippen LogP contribution in [0.2, 0.25) is 0 Å². The first kappa shape index (κ1) is 15.5. The zero-order valence-corrected chi connectivity index (χ0v) is 14.7. The smallest absolute Gasteiger partial charge is 0.237 e. The molecule has 26 heavy (non-hydrogen) atoms. The molecule has 0 N–H and O–H groups in total. The number of rotatable bonds is 2. The number of carbonyl (C=O) groups is 2. The van der Waals surface area contributed by atoms with Gasteiger partial charge in [-0.3, -0.25) is 14.5 Å². The fourth-order valence-corrected chi connectivity index (χ4v) is 4.31. The van der Waals surface area contributed by atoms with Crippen molar-refractivity contribution in [1.29, 1.82) is 0 Å². The predicted octanol–water partition coefficient (Wildman–Crippen LogP) is 4.38. The van der Waals surface area contributed by atoms with Crippen molar-refractivity contribution in [3.63, 3.8) is 0 Å². The Kier molecular flexibility index (Phi) is 3.37. The number of furan rings is 1. The lowest BCUT2D eigenvalue weighted by Gasteiger charge is -2.18. The second-order valence-corrected chi connectivity index (χ2v) is 7.26. The Morgan fingerprint density at radius 3 is 2.54 bits per heavy atom. The molecule has 4 nitrogen and oxygen atoms in total. The van der Waals surface area contributed by atoms with Crippen LogP contribution in [0.4, 0.5) is 0 Å². The molecule has 2 heterocycles. The van der Waals surface area contributed by atoms with Crippen molar-refractivity contribution >= 4 is 22.3 Å². The van der Waals surface area contributed by atoms with Crippen LogP contribution in [0.15, 0.2) is 41.0 Å². The van der Waals surface area contributed by atoms with Crippen LogP contribution in [0.3, 0.4) is 0 Å². The molecule has 2 aliphatic rings. The summed E-state index contributed by atoms with van der Waals surface area (Å²) in [5.41, 5.74) is 3.59. The van der Waals surface area contributed by atoms with Gasteiger partial charge >= 0.3 is 0 Å². The van der Waals surface area contributed by atoms with Gasteiger partial charge in [-0.15, -0.1) is 0 Å². The highest BCUT2D eigenvalue weighted by molar-refractivity contribution is 6.54. The third-order valence-electron chi connectivity index (χ3n) is 5.64. The lowest BCUT2D eigenvalue weighted by atomic mass is 9.83. The normalized spacial score (nSPS) is 17.0. The topological polar surface area (TPSA) is 50.5 Å². The van der Waals surface area contributed by atoms with Gasteiger partial charge < -0.3 is 4.42 Å². The number of hydrogen-bond donors (Lipinski definition) is 0. The standard InChI is InChI=1S/C22H19NO3/c1-13-5-4-6-16-15(13)7-8-17-19(16)21(25)20(24)18-14(12-26-22(17)18)11-23-9-2-3-10-23/h4-8,12H,2-3,9-11H2,1H3. The number of likely N-dealkylation sites (tertiary alicyclic amines) is 1. The van der Waals surface area contributed by atoms with Crippen molar-refractivity contribution in [2.45, 2.75) is 26.3 Å². The van der Waals surface area contributed by atoms with E-state index in [0.717, 1.165) is 40.6 Å². The third kappa shape index (κ3) is 2.12. The van der Waals surface area contributed by atoms with Gasteiger partial charge in [0.25, 0.3) is 0 Å². The zero-order valence-electron chi connectivity index (χ0n) is 14.7. The number of aryl methyl sites for hydroxylation is 1. The van der Waals surface area contributed by atoms with E-state index in [1.54, 1.807) is 6.26 Å². The number of benzene rings is 2. The van der Waals surface area contributed by atoms with Gasteiger partial charge in [0.15, 0.2) is 0 Å². The Morgan fingerprint density at radius 1 is 0.962 bits per heavy atom. The van der Waals surface area contributed by atoms with Crippen LogP contribution in [0, 0.1) is 6.92 Å². The number of carbonyl (C=O) groups excluding carboxylic acids is 2. The lowest BCUT2D eigenvalue weighted by Crippen LogP contribution is -2.24. The number of nitrogens with zero attached hydrogens (tertiary/aromatic N) is 1. The monoisotopic (exact) mass is 345 g/mol. The van der Waals surface area contributed by atoms with Crippen molar-refractivity contribution in [3.8, 4) is 11.3 Å². The van der Waals surface area contributed by atoms with Crippen LogP contribution in [-0.2, 0) is 6.54 Å². The van der Waals surface area contributed by atoms with Crippen LogP contribution in [0.5, 0.6) is 0 Å². The van der Waals surface area contributed by atoms with Gasteiger partial charge in [0.1, 0.15) is 5.76 Å². The van der Waals surface area contributed by atoms with E-state index in [-0.39, 0.29) is 0 Å². The molecule has 1 fully saturated rings. The quantitative estimate of drug-likeness (QED) is 0.647. The zero-order chi connectivity index (χ0) is 17.8. The number of hydrogen-bond acceptors (Lipinski definition) is 4. The van der Waals surface area contributed by atoms with Crippen molar-refractivity contribution in [2.24, 2.45) is 0 Å². The van der Waals surface area contributed by atoms with Crippen LogP contribution in [-0.4, -0.2) is 29.6 Å². The highest BCUT2D eigenvalue weighted by Gasteiger charge is 2.37. The molecule has 3 aromatic rings. The summed E-state index contributed by atoms with van der Waals surface area (Å²) < 4.78 is 5.82. The van der Waals surface area contributed by atoms with Gasteiger partial charge in [-0.1, -0.05) is 24.3 Å². The maximum absolute atomic E-state index is 13.0. The molecular formula is C22H19NO3. The first-order valence-electron chi connectivity index (χ1n) is 9.09. The van der Waals surface area contributed by atoms with E-state index >= 15 is 0 Å². The van der Waals surface area contributed by atoms with Crippen LogP contribution >= 0.6 is 0 Å². The molecule has 1 aromatic heterocycles. The highest BCUT2D eigenvalue weighted by atomic mass is 16.3. The molecule has 0 spiro atoms. The Hall–Kier alpha value is -2.72. The Bertz CT molecular complexity index is 1070. The second-order valence-electron chi connectivity index (χ2n) is 7.26. The summed E-state index contributed by atoms with van der Waals surface area (Å²) in [7, 11) is 0. The van der Waals surface area contributed by atoms with Gasteiger partial charge in [-0.05, 0) is 55.3 Å². The molecule has 0 unspecified atom stereocenters. The summed E-state index contributed by atoms with van der Waals surface area (Å²) in [6, 6.07) is 9.77. The third-order valence-corrected chi connectivity index (χ3v) is 5.64. The maximum atomic E-state index is 13.0. The SMILES string of the molecule is Cc1cccc2c3c(ccc12)-c1occ(CN2CCCC2)c1C(=O)C3=O. The van der Waals surface area contributed by atoms with Crippen molar-refractivity contribution in [1.82, 2.24) is 4.90 Å². The minimum Gasteiger partial charge on any atom is -0.463 e. The van der Waals surface area contributed by atoms with Gasteiger partial charge in [0, 0.05) is 23.2 Å². The molecular weight excluding hydrogens is 326 g/mol. The van der Waals surface area contributed by atoms with E-state index in [9.17, 15) is 9.59 Å². The molecule has 0 saturated carbocycles. The predicted molar refractivity (Wildman–Crippen MR) is 99.6 cm³/mol. The molecule has 130 valence electrons. The van der Waals surface area contributed by atoms with Crippen LogP contribution < -0.4 is 0 Å². The van der Waals surface area contributed by atoms with Crippen LogP contribution in [0.1, 0.15) is 44.7 Å². The van der Waals surface area contributed by atoms with E-state index < -0.39 is 11.6 Å². The lowest BCUT2D eigenvalue weighted by molar-refractivity contribution is 0.0814. The molecule has 0 radical (unpaired) electrons. The first-order chi connectivity index (χ1) is 12.6. The van der Waals surface area contributed by atoms with E-state index in [1.165, 1.54) is 12.8 Å². The van der Waals surface area contributed by atoms with E-state index in [0.29, 0.717) is 23.4 Å².